The standard InChI is InChI=1S/C21H25N7O2S/c1-3-4-17-19(31-27-26-17)20(29)24-16-7-5-15(6-8-16)23-18-13-14(2)22-21(25-18)28-9-11-30-12-10-28/h5-8,13H,3-4,9-12H2,1-2H3,(H,24,29)(H,22,23,25). The summed E-state index contributed by atoms with van der Waals surface area (Å²) in [5.74, 6) is 1.25. The van der Waals surface area contributed by atoms with Crippen LogP contribution in [0.5, 0.6) is 0 Å². The Labute approximate surface area is 185 Å². The number of carbonyl (C=O) groups is 1. The van der Waals surface area contributed by atoms with Crippen LogP contribution >= 0.6 is 11.5 Å². The number of amides is 1. The zero-order valence-corrected chi connectivity index (χ0v) is 18.4. The highest BCUT2D eigenvalue weighted by Gasteiger charge is 2.17. The maximum atomic E-state index is 12.5. The minimum absolute atomic E-state index is 0.180. The van der Waals surface area contributed by atoms with Crippen molar-refractivity contribution in [2.45, 2.75) is 26.7 Å². The summed E-state index contributed by atoms with van der Waals surface area (Å²) in [6.07, 6.45) is 1.66. The Hall–Kier alpha value is -3.11. The van der Waals surface area contributed by atoms with E-state index in [1.54, 1.807) is 0 Å². The van der Waals surface area contributed by atoms with Crippen molar-refractivity contribution >= 4 is 40.6 Å². The van der Waals surface area contributed by atoms with Crippen molar-refractivity contribution in [2.24, 2.45) is 0 Å². The molecule has 1 aliphatic rings. The molecule has 1 saturated heterocycles. The Morgan fingerprint density at radius 1 is 1.16 bits per heavy atom. The molecule has 10 heteroatoms. The topological polar surface area (TPSA) is 105 Å². The Kier molecular flexibility index (Phi) is 6.68. The molecule has 0 atom stereocenters. The minimum atomic E-state index is -0.180. The van der Waals surface area contributed by atoms with Crippen molar-refractivity contribution in [3.63, 3.8) is 0 Å². The van der Waals surface area contributed by atoms with Crippen LogP contribution in [-0.4, -0.2) is 51.8 Å². The zero-order chi connectivity index (χ0) is 21.6. The van der Waals surface area contributed by atoms with Crippen LogP contribution in [-0.2, 0) is 11.2 Å². The van der Waals surface area contributed by atoms with Gasteiger partial charge in [-0.25, -0.2) is 4.98 Å². The van der Waals surface area contributed by atoms with E-state index >= 15 is 0 Å². The van der Waals surface area contributed by atoms with Crippen molar-refractivity contribution < 1.29 is 9.53 Å². The SMILES string of the molecule is CCCc1nnsc1C(=O)Nc1ccc(Nc2cc(C)nc(N3CCOCC3)n2)cc1. The van der Waals surface area contributed by atoms with Crippen LogP contribution in [0.25, 0.3) is 0 Å². The summed E-state index contributed by atoms with van der Waals surface area (Å²) in [6, 6.07) is 9.42. The monoisotopic (exact) mass is 439 g/mol. The second-order valence-corrected chi connectivity index (χ2v) is 8.00. The molecular weight excluding hydrogens is 414 g/mol. The molecule has 0 saturated carbocycles. The van der Waals surface area contributed by atoms with Gasteiger partial charge < -0.3 is 20.3 Å². The Morgan fingerprint density at radius 3 is 2.65 bits per heavy atom. The zero-order valence-electron chi connectivity index (χ0n) is 17.6. The van der Waals surface area contributed by atoms with E-state index in [2.05, 4.69) is 42.0 Å². The fourth-order valence-electron chi connectivity index (χ4n) is 3.28. The van der Waals surface area contributed by atoms with E-state index in [9.17, 15) is 4.79 Å². The highest BCUT2D eigenvalue weighted by Crippen LogP contribution is 2.22. The van der Waals surface area contributed by atoms with Crippen LogP contribution in [0.4, 0.5) is 23.1 Å². The number of hydrogen-bond acceptors (Lipinski definition) is 9. The number of rotatable bonds is 7. The van der Waals surface area contributed by atoms with Crippen LogP contribution in [0.2, 0.25) is 0 Å². The molecule has 3 heterocycles. The van der Waals surface area contributed by atoms with E-state index in [0.717, 1.165) is 60.4 Å². The number of carbonyl (C=O) groups excluding carboxylic acids is 1. The van der Waals surface area contributed by atoms with E-state index < -0.39 is 0 Å². The molecule has 1 aliphatic heterocycles. The number of ether oxygens (including phenoxy) is 1. The third-order valence-electron chi connectivity index (χ3n) is 4.80. The van der Waals surface area contributed by atoms with Gasteiger partial charge in [0.1, 0.15) is 10.7 Å². The molecule has 0 aliphatic carbocycles. The molecule has 9 nitrogen and oxygen atoms in total. The predicted octanol–water partition coefficient (Wildman–Crippen LogP) is 3.42. The number of nitrogens with zero attached hydrogens (tertiary/aromatic N) is 5. The van der Waals surface area contributed by atoms with Crippen LogP contribution in [0.1, 0.15) is 34.4 Å². The molecule has 31 heavy (non-hydrogen) atoms. The molecule has 0 bridgehead atoms. The van der Waals surface area contributed by atoms with Crippen LogP contribution in [0.15, 0.2) is 30.3 Å². The fourth-order valence-corrected chi connectivity index (χ4v) is 3.88. The van der Waals surface area contributed by atoms with Gasteiger partial charge in [-0.1, -0.05) is 17.8 Å². The third kappa shape index (κ3) is 5.33. The summed E-state index contributed by atoms with van der Waals surface area (Å²) in [5, 5.41) is 10.3. The lowest BCUT2D eigenvalue weighted by molar-refractivity contribution is 0.102. The lowest BCUT2D eigenvalue weighted by Crippen LogP contribution is -2.37. The summed E-state index contributed by atoms with van der Waals surface area (Å²) >= 11 is 1.12. The lowest BCUT2D eigenvalue weighted by atomic mass is 10.2. The molecule has 2 aromatic heterocycles. The first-order valence-electron chi connectivity index (χ1n) is 10.3. The maximum Gasteiger partial charge on any atom is 0.269 e. The highest BCUT2D eigenvalue weighted by molar-refractivity contribution is 7.08. The van der Waals surface area contributed by atoms with Gasteiger partial charge in [0, 0.05) is 36.2 Å². The molecule has 1 aromatic carbocycles. The van der Waals surface area contributed by atoms with Crippen LogP contribution in [0, 0.1) is 6.92 Å². The first-order valence-corrected chi connectivity index (χ1v) is 11.1. The molecular formula is C21H25N7O2S. The first-order chi connectivity index (χ1) is 15.1. The molecule has 162 valence electrons. The van der Waals surface area contributed by atoms with Crippen molar-refractivity contribution in [2.75, 3.05) is 41.8 Å². The third-order valence-corrected chi connectivity index (χ3v) is 5.57. The van der Waals surface area contributed by atoms with E-state index in [-0.39, 0.29) is 5.91 Å². The van der Waals surface area contributed by atoms with Crippen LogP contribution in [0.3, 0.4) is 0 Å². The van der Waals surface area contributed by atoms with Gasteiger partial charge in [0.05, 0.1) is 18.9 Å². The number of hydrogen-bond donors (Lipinski definition) is 2. The summed E-state index contributed by atoms with van der Waals surface area (Å²) in [5.41, 5.74) is 3.22. The Morgan fingerprint density at radius 2 is 1.90 bits per heavy atom. The Balaban J connectivity index is 1.42. The first kappa shape index (κ1) is 21.1. The van der Waals surface area contributed by atoms with Gasteiger partial charge in [0.2, 0.25) is 5.95 Å². The van der Waals surface area contributed by atoms with Gasteiger partial charge in [-0.3, -0.25) is 4.79 Å². The van der Waals surface area contributed by atoms with Gasteiger partial charge in [-0.05, 0) is 49.1 Å². The van der Waals surface area contributed by atoms with E-state index in [1.165, 1.54) is 0 Å². The number of morpholine rings is 1. The van der Waals surface area contributed by atoms with Crippen molar-refractivity contribution in [3.05, 3.63) is 46.6 Å². The second-order valence-electron chi connectivity index (χ2n) is 7.25. The number of aryl methyl sites for hydroxylation is 2. The largest absolute Gasteiger partial charge is 0.378 e. The molecule has 4 rings (SSSR count). The van der Waals surface area contributed by atoms with Crippen molar-refractivity contribution in [1.29, 1.82) is 0 Å². The van der Waals surface area contributed by atoms with E-state index in [4.69, 9.17) is 4.74 Å². The lowest BCUT2D eigenvalue weighted by Gasteiger charge is -2.27. The quantitative estimate of drug-likeness (QED) is 0.577. The predicted molar refractivity (Wildman–Crippen MR) is 121 cm³/mol. The number of benzene rings is 1. The molecule has 0 radical (unpaired) electrons. The number of nitrogens with one attached hydrogen (secondary N) is 2. The van der Waals surface area contributed by atoms with Crippen molar-refractivity contribution in [3.8, 4) is 0 Å². The van der Waals surface area contributed by atoms with Crippen LogP contribution < -0.4 is 15.5 Å². The van der Waals surface area contributed by atoms with Gasteiger partial charge in [-0.15, -0.1) is 5.10 Å². The van der Waals surface area contributed by atoms with Gasteiger partial charge >= 0.3 is 0 Å². The molecule has 1 fully saturated rings. The summed E-state index contributed by atoms with van der Waals surface area (Å²) in [4.78, 5) is 24.4. The number of anilines is 4. The van der Waals surface area contributed by atoms with Crippen molar-refractivity contribution in [1.82, 2.24) is 19.6 Å². The maximum absolute atomic E-state index is 12.5. The molecule has 2 N–H and O–H groups in total. The van der Waals surface area contributed by atoms with Gasteiger partial charge in [-0.2, -0.15) is 4.98 Å². The highest BCUT2D eigenvalue weighted by atomic mass is 32.1. The van der Waals surface area contributed by atoms with E-state index in [1.807, 2.05) is 37.3 Å². The van der Waals surface area contributed by atoms with Gasteiger partial charge in [0.25, 0.3) is 5.91 Å². The minimum Gasteiger partial charge on any atom is -0.378 e. The van der Waals surface area contributed by atoms with Gasteiger partial charge in [0.15, 0.2) is 0 Å². The summed E-state index contributed by atoms with van der Waals surface area (Å²) in [6.45, 7) is 6.95. The molecule has 3 aromatic rings. The average molecular weight is 440 g/mol. The molecule has 0 unspecified atom stereocenters. The average Bonchev–Trinajstić information content (AvgIpc) is 3.24. The second kappa shape index (κ2) is 9.80. The summed E-state index contributed by atoms with van der Waals surface area (Å²) in [7, 11) is 0. The molecule has 0 spiro atoms. The molecule has 1 amide bonds. The smallest absolute Gasteiger partial charge is 0.269 e. The number of aromatic nitrogens is 4. The summed E-state index contributed by atoms with van der Waals surface area (Å²) < 4.78 is 9.32. The van der Waals surface area contributed by atoms with E-state index in [0.29, 0.717) is 29.7 Å². The Bertz CT molecular complexity index is 1030. The normalized spacial score (nSPS) is 13.8. The fraction of sp³-hybridized carbons (Fsp3) is 0.381.